The van der Waals surface area contributed by atoms with Crippen LogP contribution in [0.3, 0.4) is 0 Å². The smallest absolute Gasteiger partial charge is 0.0348 e. The fourth-order valence-corrected chi connectivity index (χ4v) is 3.48. The standard InChI is InChI=1S/C19H31N/c1-4-13-20-19(17-7-5-6-8-17)18-11-9-16(10-12-18)14-15(2)3/h9-12,15,17,19-20H,4-8,13-14H2,1-3H3. The van der Waals surface area contributed by atoms with Crippen LogP contribution in [-0.4, -0.2) is 6.54 Å². The van der Waals surface area contributed by atoms with E-state index in [1.54, 1.807) is 0 Å². The minimum atomic E-state index is 0.575. The Balaban J connectivity index is 2.06. The molecule has 1 atom stereocenters. The Hall–Kier alpha value is -0.820. The van der Waals surface area contributed by atoms with Gasteiger partial charge in [-0.05, 0) is 55.2 Å². The average Bonchev–Trinajstić information content (AvgIpc) is 2.94. The van der Waals surface area contributed by atoms with E-state index in [0.717, 1.165) is 18.4 Å². The largest absolute Gasteiger partial charge is 0.310 e. The molecule has 1 fully saturated rings. The van der Waals surface area contributed by atoms with Crippen molar-refractivity contribution in [3.8, 4) is 0 Å². The second-order valence-corrected chi connectivity index (χ2v) is 6.82. The summed E-state index contributed by atoms with van der Waals surface area (Å²) in [6.07, 6.45) is 8.04. The van der Waals surface area contributed by atoms with Gasteiger partial charge in [-0.25, -0.2) is 0 Å². The summed E-state index contributed by atoms with van der Waals surface area (Å²) in [6, 6.07) is 9.98. The predicted molar refractivity (Wildman–Crippen MR) is 88.0 cm³/mol. The molecule has 0 bridgehead atoms. The molecule has 0 heterocycles. The molecule has 112 valence electrons. The van der Waals surface area contributed by atoms with Crippen LogP contribution >= 0.6 is 0 Å². The summed E-state index contributed by atoms with van der Waals surface area (Å²) in [7, 11) is 0. The first-order valence-corrected chi connectivity index (χ1v) is 8.53. The average molecular weight is 273 g/mol. The summed E-state index contributed by atoms with van der Waals surface area (Å²) in [5.74, 6) is 1.59. The summed E-state index contributed by atoms with van der Waals surface area (Å²) in [5, 5.41) is 3.79. The van der Waals surface area contributed by atoms with Crippen LogP contribution in [0.15, 0.2) is 24.3 Å². The lowest BCUT2D eigenvalue weighted by molar-refractivity contribution is 0.368. The summed E-state index contributed by atoms with van der Waals surface area (Å²) in [6.45, 7) is 7.97. The zero-order valence-electron chi connectivity index (χ0n) is 13.5. The topological polar surface area (TPSA) is 12.0 Å². The molecule has 20 heavy (non-hydrogen) atoms. The fourth-order valence-electron chi connectivity index (χ4n) is 3.48. The zero-order valence-corrected chi connectivity index (χ0v) is 13.5. The summed E-state index contributed by atoms with van der Waals surface area (Å²) in [5.41, 5.74) is 2.97. The summed E-state index contributed by atoms with van der Waals surface area (Å²) < 4.78 is 0. The molecule has 0 saturated heterocycles. The molecular weight excluding hydrogens is 242 g/mol. The van der Waals surface area contributed by atoms with Crippen LogP contribution in [0.25, 0.3) is 0 Å². The first-order chi connectivity index (χ1) is 9.70. The highest BCUT2D eigenvalue weighted by Crippen LogP contribution is 2.35. The van der Waals surface area contributed by atoms with Crippen molar-refractivity contribution in [1.82, 2.24) is 5.32 Å². The van der Waals surface area contributed by atoms with E-state index in [1.807, 2.05) is 0 Å². The molecular formula is C19H31N. The normalized spacial score (nSPS) is 17.8. The van der Waals surface area contributed by atoms with Crippen molar-refractivity contribution in [3.63, 3.8) is 0 Å². The molecule has 1 nitrogen and oxygen atoms in total. The van der Waals surface area contributed by atoms with Gasteiger partial charge in [-0.1, -0.05) is 57.9 Å². The molecule has 0 spiro atoms. The molecule has 1 saturated carbocycles. The van der Waals surface area contributed by atoms with Crippen LogP contribution in [0.4, 0.5) is 0 Å². The van der Waals surface area contributed by atoms with E-state index in [-0.39, 0.29) is 0 Å². The van der Waals surface area contributed by atoms with E-state index < -0.39 is 0 Å². The Kier molecular flexibility index (Phi) is 6.09. The minimum Gasteiger partial charge on any atom is -0.310 e. The molecule has 0 amide bonds. The van der Waals surface area contributed by atoms with Crippen LogP contribution in [-0.2, 0) is 6.42 Å². The van der Waals surface area contributed by atoms with E-state index in [4.69, 9.17) is 0 Å². The van der Waals surface area contributed by atoms with Gasteiger partial charge in [-0.2, -0.15) is 0 Å². The van der Waals surface area contributed by atoms with Gasteiger partial charge in [-0.15, -0.1) is 0 Å². The number of rotatable bonds is 7. The lowest BCUT2D eigenvalue weighted by atomic mass is 9.90. The third-order valence-electron chi connectivity index (χ3n) is 4.47. The Morgan fingerprint density at radius 1 is 1.10 bits per heavy atom. The maximum atomic E-state index is 3.79. The quantitative estimate of drug-likeness (QED) is 0.727. The van der Waals surface area contributed by atoms with Crippen molar-refractivity contribution in [2.24, 2.45) is 11.8 Å². The van der Waals surface area contributed by atoms with Crippen molar-refractivity contribution in [3.05, 3.63) is 35.4 Å². The first kappa shape index (κ1) is 15.6. The van der Waals surface area contributed by atoms with E-state index in [1.165, 1.54) is 49.7 Å². The van der Waals surface area contributed by atoms with E-state index >= 15 is 0 Å². The number of hydrogen-bond donors (Lipinski definition) is 1. The Labute approximate surface area is 125 Å². The first-order valence-electron chi connectivity index (χ1n) is 8.53. The highest BCUT2D eigenvalue weighted by molar-refractivity contribution is 5.26. The molecule has 1 aliphatic rings. The van der Waals surface area contributed by atoms with Crippen LogP contribution in [0.1, 0.15) is 70.0 Å². The van der Waals surface area contributed by atoms with Crippen LogP contribution < -0.4 is 5.32 Å². The fraction of sp³-hybridized carbons (Fsp3) is 0.684. The van der Waals surface area contributed by atoms with E-state index in [0.29, 0.717) is 6.04 Å². The van der Waals surface area contributed by atoms with Gasteiger partial charge in [0.2, 0.25) is 0 Å². The molecule has 1 N–H and O–H groups in total. The monoisotopic (exact) mass is 273 g/mol. The molecule has 1 heteroatoms. The molecule has 0 aliphatic heterocycles. The van der Waals surface area contributed by atoms with Crippen molar-refractivity contribution < 1.29 is 0 Å². The predicted octanol–water partition coefficient (Wildman–Crippen LogP) is 5.12. The van der Waals surface area contributed by atoms with Crippen molar-refractivity contribution in [2.45, 2.75) is 65.3 Å². The molecule has 1 aromatic carbocycles. The molecule has 1 aliphatic carbocycles. The van der Waals surface area contributed by atoms with Crippen molar-refractivity contribution >= 4 is 0 Å². The lowest BCUT2D eigenvalue weighted by Crippen LogP contribution is -2.27. The van der Waals surface area contributed by atoms with Gasteiger partial charge < -0.3 is 5.32 Å². The Morgan fingerprint density at radius 2 is 1.75 bits per heavy atom. The van der Waals surface area contributed by atoms with Crippen LogP contribution in [0.5, 0.6) is 0 Å². The van der Waals surface area contributed by atoms with E-state index in [2.05, 4.69) is 50.4 Å². The van der Waals surface area contributed by atoms with Crippen LogP contribution in [0.2, 0.25) is 0 Å². The summed E-state index contributed by atoms with van der Waals surface area (Å²) in [4.78, 5) is 0. The highest BCUT2D eigenvalue weighted by atomic mass is 14.9. The van der Waals surface area contributed by atoms with Crippen molar-refractivity contribution in [1.29, 1.82) is 0 Å². The Bertz CT molecular complexity index is 373. The number of nitrogens with one attached hydrogen (secondary N) is 1. The molecule has 0 aromatic heterocycles. The van der Waals surface area contributed by atoms with Gasteiger partial charge >= 0.3 is 0 Å². The SMILES string of the molecule is CCCNC(c1ccc(CC(C)C)cc1)C1CCCC1. The molecule has 1 unspecified atom stereocenters. The molecule has 2 rings (SSSR count). The van der Waals surface area contributed by atoms with Crippen LogP contribution in [0, 0.1) is 11.8 Å². The number of hydrogen-bond acceptors (Lipinski definition) is 1. The third kappa shape index (κ3) is 4.34. The van der Waals surface area contributed by atoms with Gasteiger partial charge in [0.15, 0.2) is 0 Å². The van der Waals surface area contributed by atoms with Gasteiger partial charge in [-0.3, -0.25) is 0 Å². The maximum absolute atomic E-state index is 3.79. The zero-order chi connectivity index (χ0) is 14.4. The highest BCUT2D eigenvalue weighted by Gasteiger charge is 2.25. The van der Waals surface area contributed by atoms with Gasteiger partial charge in [0, 0.05) is 6.04 Å². The van der Waals surface area contributed by atoms with E-state index in [9.17, 15) is 0 Å². The second kappa shape index (κ2) is 7.83. The second-order valence-electron chi connectivity index (χ2n) is 6.82. The maximum Gasteiger partial charge on any atom is 0.0348 e. The van der Waals surface area contributed by atoms with Gasteiger partial charge in [0.1, 0.15) is 0 Å². The number of benzene rings is 1. The summed E-state index contributed by atoms with van der Waals surface area (Å²) >= 11 is 0. The lowest BCUT2D eigenvalue weighted by Gasteiger charge is -2.25. The van der Waals surface area contributed by atoms with Gasteiger partial charge in [0.25, 0.3) is 0 Å². The van der Waals surface area contributed by atoms with Crippen molar-refractivity contribution in [2.75, 3.05) is 6.54 Å². The molecule has 0 radical (unpaired) electrons. The van der Waals surface area contributed by atoms with Gasteiger partial charge in [0.05, 0.1) is 0 Å². The molecule has 1 aromatic rings. The minimum absolute atomic E-state index is 0.575. The Morgan fingerprint density at radius 3 is 2.30 bits per heavy atom. The third-order valence-corrected chi connectivity index (χ3v) is 4.47.